The molecule has 1 amide bonds. The van der Waals surface area contributed by atoms with Crippen molar-refractivity contribution in [3.63, 3.8) is 0 Å². The summed E-state index contributed by atoms with van der Waals surface area (Å²) in [6, 6.07) is 6.76. The molecule has 0 saturated carbocycles. The molecule has 2 saturated heterocycles. The van der Waals surface area contributed by atoms with Crippen LogP contribution in [0, 0.1) is 11.8 Å². The van der Waals surface area contributed by atoms with E-state index in [1.807, 2.05) is 6.92 Å². The van der Waals surface area contributed by atoms with Crippen LogP contribution in [-0.2, 0) is 25.6 Å². The first-order valence-corrected chi connectivity index (χ1v) is 13.8. The monoisotopic (exact) mass is 503 g/mol. The Morgan fingerprint density at radius 1 is 1.22 bits per heavy atom. The number of carbonyl (C=O) groups excluding carboxylic acids is 1. The molecule has 202 valence electrons. The molecule has 2 N–H and O–H groups in total. The van der Waals surface area contributed by atoms with Crippen LogP contribution in [-0.4, -0.2) is 77.8 Å². The van der Waals surface area contributed by atoms with Gasteiger partial charge in [0.2, 0.25) is 5.91 Å². The minimum absolute atomic E-state index is 0.0179. The number of methoxy groups -OCH3 is 1. The van der Waals surface area contributed by atoms with Crippen molar-refractivity contribution in [1.82, 2.24) is 10.6 Å². The molecule has 0 spiro atoms. The molecule has 36 heavy (non-hydrogen) atoms. The largest absolute Gasteiger partial charge is 0.490 e. The lowest BCUT2D eigenvalue weighted by Crippen LogP contribution is -2.45. The Morgan fingerprint density at radius 3 is 2.86 bits per heavy atom. The lowest BCUT2D eigenvalue weighted by Gasteiger charge is -2.32. The number of piperidine rings is 1. The van der Waals surface area contributed by atoms with Gasteiger partial charge >= 0.3 is 0 Å². The van der Waals surface area contributed by atoms with Crippen LogP contribution < -0.4 is 20.3 Å². The fourth-order valence-electron chi connectivity index (χ4n) is 5.39. The summed E-state index contributed by atoms with van der Waals surface area (Å²) in [6.45, 7) is 9.25. The molecular formula is C28H45N3O5. The molecule has 3 aliphatic heterocycles. The molecule has 0 unspecified atom stereocenters. The lowest BCUT2D eigenvalue weighted by atomic mass is 9.93. The van der Waals surface area contributed by atoms with Gasteiger partial charge in [-0.2, -0.15) is 0 Å². The highest BCUT2D eigenvalue weighted by atomic mass is 16.5. The summed E-state index contributed by atoms with van der Waals surface area (Å²) in [5.74, 6) is 1.70. The quantitative estimate of drug-likeness (QED) is 0.424. The van der Waals surface area contributed by atoms with E-state index >= 15 is 0 Å². The van der Waals surface area contributed by atoms with E-state index in [1.165, 1.54) is 5.56 Å². The van der Waals surface area contributed by atoms with E-state index in [1.54, 1.807) is 7.11 Å². The van der Waals surface area contributed by atoms with Crippen molar-refractivity contribution >= 4 is 11.6 Å². The second-order valence-electron chi connectivity index (χ2n) is 10.5. The molecule has 4 rings (SSSR count). The Labute approximate surface area is 216 Å². The molecule has 1 aromatic carbocycles. The number of carbonyl (C=O) groups is 1. The number of ether oxygens (including phenoxy) is 4. The van der Waals surface area contributed by atoms with Crippen LogP contribution in [0.4, 0.5) is 5.69 Å². The van der Waals surface area contributed by atoms with E-state index in [0.29, 0.717) is 18.6 Å². The zero-order chi connectivity index (χ0) is 25.2. The molecule has 1 aromatic rings. The number of hydrogen-bond acceptors (Lipinski definition) is 7. The Morgan fingerprint density at radius 2 is 2.08 bits per heavy atom. The number of nitrogens with one attached hydrogen (secondary N) is 2. The Kier molecular flexibility index (Phi) is 10.7. The second kappa shape index (κ2) is 14.2. The van der Waals surface area contributed by atoms with E-state index < -0.39 is 0 Å². The second-order valence-corrected chi connectivity index (χ2v) is 10.5. The predicted molar refractivity (Wildman–Crippen MR) is 141 cm³/mol. The normalized spacial score (nSPS) is 23.6. The van der Waals surface area contributed by atoms with Gasteiger partial charge in [-0.25, -0.2) is 0 Å². The van der Waals surface area contributed by atoms with Crippen LogP contribution in [0.15, 0.2) is 18.2 Å². The van der Waals surface area contributed by atoms with E-state index in [9.17, 15) is 4.79 Å². The fraction of sp³-hybridized carbons (Fsp3) is 0.750. The first kappa shape index (κ1) is 27.2. The van der Waals surface area contributed by atoms with Gasteiger partial charge in [-0.05, 0) is 62.1 Å². The highest BCUT2D eigenvalue weighted by Crippen LogP contribution is 2.33. The molecule has 8 nitrogen and oxygen atoms in total. The third-order valence-electron chi connectivity index (χ3n) is 7.71. The molecule has 2 fully saturated rings. The molecular weight excluding hydrogens is 458 g/mol. The van der Waals surface area contributed by atoms with Gasteiger partial charge in [-0.3, -0.25) is 4.79 Å². The average molecular weight is 504 g/mol. The van der Waals surface area contributed by atoms with Crippen molar-refractivity contribution in [2.24, 2.45) is 11.8 Å². The molecule has 3 atom stereocenters. The number of hydrogen-bond donors (Lipinski definition) is 2. The summed E-state index contributed by atoms with van der Waals surface area (Å²) >= 11 is 0. The minimum atomic E-state index is 0.0179. The lowest BCUT2D eigenvalue weighted by molar-refractivity contribution is -0.125. The predicted octanol–water partition coefficient (Wildman–Crippen LogP) is 3.13. The van der Waals surface area contributed by atoms with Crippen molar-refractivity contribution in [3.05, 3.63) is 23.8 Å². The number of rotatable bonds is 12. The Bertz CT molecular complexity index is 808. The van der Waals surface area contributed by atoms with E-state index in [4.69, 9.17) is 18.9 Å². The van der Waals surface area contributed by atoms with Gasteiger partial charge in [0.15, 0.2) is 0 Å². The smallest absolute Gasteiger partial charge is 0.222 e. The molecule has 0 radical (unpaired) electrons. The summed E-state index contributed by atoms with van der Waals surface area (Å²) in [6.07, 6.45) is 6.22. The molecule has 8 heteroatoms. The number of nitrogens with zero attached hydrogens (tertiary/aromatic N) is 1. The van der Waals surface area contributed by atoms with Crippen LogP contribution >= 0.6 is 0 Å². The highest BCUT2D eigenvalue weighted by Gasteiger charge is 2.26. The maximum Gasteiger partial charge on any atom is 0.222 e. The highest BCUT2D eigenvalue weighted by molar-refractivity contribution is 5.78. The van der Waals surface area contributed by atoms with E-state index in [-0.39, 0.29) is 17.9 Å². The van der Waals surface area contributed by atoms with Crippen molar-refractivity contribution in [3.8, 4) is 5.75 Å². The maximum atomic E-state index is 12.6. The third-order valence-corrected chi connectivity index (χ3v) is 7.71. The van der Waals surface area contributed by atoms with Gasteiger partial charge in [-0.15, -0.1) is 0 Å². The summed E-state index contributed by atoms with van der Waals surface area (Å²) in [5, 5.41) is 6.78. The zero-order valence-electron chi connectivity index (χ0n) is 22.1. The van der Waals surface area contributed by atoms with Gasteiger partial charge in [0.1, 0.15) is 12.4 Å². The molecule has 0 aliphatic carbocycles. The van der Waals surface area contributed by atoms with Crippen molar-refractivity contribution in [1.29, 1.82) is 0 Å². The summed E-state index contributed by atoms with van der Waals surface area (Å²) < 4.78 is 22.8. The van der Waals surface area contributed by atoms with E-state index in [0.717, 1.165) is 103 Å². The average Bonchev–Trinajstić information content (AvgIpc) is 2.92. The first-order chi connectivity index (χ1) is 17.6. The zero-order valence-corrected chi connectivity index (χ0v) is 22.1. The van der Waals surface area contributed by atoms with Gasteiger partial charge < -0.3 is 34.5 Å². The van der Waals surface area contributed by atoms with Crippen LogP contribution in [0.3, 0.4) is 0 Å². The van der Waals surface area contributed by atoms with Crippen LogP contribution in [0.2, 0.25) is 0 Å². The fourth-order valence-corrected chi connectivity index (χ4v) is 5.39. The Hall–Kier alpha value is -1.87. The molecule has 3 aliphatic rings. The number of benzene rings is 1. The summed E-state index contributed by atoms with van der Waals surface area (Å²) in [4.78, 5) is 15.0. The molecule has 0 bridgehead atoms. The van der Waals surface area contributed by atoms with Gasteiger partial charge in [-0.1, -0.05) is 13.0 Å². The van der Waals surface area contributed by atoms with Gasteiger partial charge in [0.25, 0.3) is 0 Å². The maximum absolute atomic E-state index is 12.6. The SMILES string of the molecule is COCCCN1CCOc2ccc(CO[C@@H]3CC[C@@H](C[C@H](C)C(=O)NCC4CCOCC4)NC3)cc21. The third kappa shape index (κ3) is 8.07. The van der Waals surface area contributed by atoms with Crippen LogP contribution in [0.5, 0.6) is 5.75 Å². The van der Waals surface area contributed by atoms with Gasteiger partial charge in [0, 0.05) is 58.5 Å². The number of fused-ring (bicyclic) bond motifs is 1. The number of anilines is 1. The first-order valence-electron chi connectivity index (χ1n) is 13.8. The summed E-state index contributed by atoms with van der Waals surface area (Å²) in [7, 11) is 1.75. The van der Waals surface area contributed by atoms with Gasteiger partial charge in [0.05, 0.1) is 24.9 Å². The van der Waals surface area contributed by atoms with Crippen molar-refractivity contribution in [2.45, 2.75) is 64.2 Å². The van der Waals surface area contributed by atoms with Crippen molar-refractivity contribution < 1.29 is 23.7 Å². The number of amides is 1. The molecule has 0 aromatic heterocycles. The summed E-state index contributed by atoms with van der Waals surface area (Å²) in [5.41, 5.74) is 2.33. The minimum Gasteiger partial charge on any atom is -0.490 e. The topological polar surface area (TPSA) is 81.3 Å². The van der Waals surface area contributed by atoms with Crippen LogP contribution in [0.1, 0.15) is 51.0 Å². The molecule has 3 heterocycles. The standard InChI is InChI=1S/C28H45N3O5/c1-21(28(32)30-18-22-8-13-34-14-9-22)16-24-5-6-25(19-29-24)36-20-23-4-7-27-26(17-23)31(11-15-35-27)10-3-12-33-2/h4,7,17,21-22,24-25,29H,3,5-6,8-16,18-20H2,1-2H3,(H,30,32)/t21-,24-,25+/m0/s1. The Balaban J connectivity index is 1.16. The van der Waals surface area contributed by atoms with E-state index in [2.05, 4.69) is 33.7 Å². The van der Waals surface area contributed by atoms with Crippen molar-refractivity contribution in [2.75, 3.05) is 64.6 Å². The van der Waals surface area contributed by atoms with Crippen LogP contribution in [0.25, 0.3) is 0 Å².